The fourth-order valence-corrected chi connectivity index (χ4v) is 5.02. The van der Waals surface area contributed by atoms with Crippen LogP contribution in [0.25, 0.3) is 0 Å². The smallest absolute Gasteiger partial charge is 0.252 e. The van der Waals surface area contributed by atoms with Crippen molar-refractivity contribution in [2.75, 3.05) is 27.4 Å². The minimum Gasteiger partial charge on any atom is -0.494 e. The second-order valence-electron chi connectivity index (χ2n) is 9.18. The van der Waals surface area contributed by atoms with Gasteiger partial charge >= 0.3 is 0 Å². The maximum absolute atomic E-state index is 14.0. The van der Waals surface area contributed by atoms with Crippen molar-refractivity contribution < 1.29 is 28.8 Å². The Bertz CT molecular complexity index is 1360. The molecule has 210 valence electrons. The van der Waals surface area contributed by atoms with Crippen LogP contribution in [-0.2, 0) is 16.1 Å². The SMILES string of the molecule is C=CC[C@@]1(C(=O)NCc2ccc(OC)c(OC)c2)N=C(c2ccc(OCCCO)cc2)O[C@@H]1c1ccccc1Br. The number of aliphatic hydroxyl groups excluding tert-OH is 1. The first kappa shape index (κ1) is 29.2. The molecule has 4 rings (SSSR count). The lowest BCUT2D eigenvalue weighted by Crippen LogP contribution is -2.47. The molecule has 3 aromatic rings. The summed E-state index contributed by atoms with van der Waals surface area (Å²) in [5.74, 6) is 1.92. The number of aliphatic hydroxyl groups is 1. The van der Waals surface area contributed by atoms with E-state index >= 15 is 0 Å². The summed E-state index contributed by atoms with van der Waals surface area (Å²) in [7, 11) is 3.15. The van der Waals surface area contributed by atoms with Crippen LogP contribution in [-0.4, -0.2) is 49.9 Å². The lowest BCUT2D eigenvalue weighted by molar-refractivity contribution is -0.129. The fraction of sp³-hybridized carbons (Fsp3) is 0.290. The highest BCUT2D eigenvalue weighted by Crippen LogP contribution is 2.45. The highest BCUT2D eigenvalue weighted by atomic mass is 79.9. The number of halogens is 1. The van der Waals surface area contributed by atoms with Gasteiger partial charge in [0.05, 0.1) is 20.8 Å². The lowest BCUT2D eigenvalue weighted by atomic mass is 9.84. The predicted octanol–water partition coefficient (Wildman–Crippen LogP) is 5.38. The van der Waals surface area contributed by atoms with E-state index in [0.29, 0.717) is 41.7 Å². The van der Waals surface area contributed by atoms with Gasteiger partial charge in [0.2, 0.25) is 5.90 Å². The summed E-state index contributed by atoms with van der Waals surface area (Å²) in [5.41, 5.74) is 1.06. The maximum atomic E-state index is 14.0. The van der Waals surface area contributed by atoms with Gasteiger partial charge in [0.25, 0.3) is 5.91 Å². The molecule has 0 saturated heterocycles. The van der Waals surface area contributed by atoms with Gasteiger partial charge in [-0.3, -0.25) is 4.79 Å². The third kappa shape index (κ3) is 6.32. The molecule has 2 N–H and O–H groups in total. The Morgan fingerprint density at radius 3 is 2.55 bits per heavy atom. The second kappa shape index (κ2) is 13.5. The number of amides is 1. The number of nitrogens with one attached hydrogen (secondary N) is 1. The number of ether oxygens (including phenoxy) is 4. The first-order valence-corrected chi connectivity index (χ1v) is 13.7. The predicted molar refractivity (Wildman–Crippen MR) is 157 cm³/mol. The highest BCUT2D eigenvalue weighted by Gasteiger charge is 2.52. The average molecular weight is 610 g/mol. The normalized spacial score (nSPS) is 17.9. The molecule has 2 atom stereocenters. The van der Waals surface area contributed by atoms with Gasteiger partial charge in [0, 0.05) is 41.6 Å². The third-order valence-electron chi connectivity index (χ3n) is 6.57. The van der Waals surface area contributed by atoms with E-state index in [4.69, 9.17) is 29.0 Å². The lowest BCUT2D eigenvalue weighted by Gasteiger charge is -2.30. The average Bonchev–Trinajstić information content (AvgIpc) is 3.36. The minimum absolute atomic E-state index is 0.0681. The molecule has 1 heterocycles. The summed E-state index contributed by atoms with van der Waals surface area (Å²) in [5, 5.41) is 12.0. The van der Waals surface area contributed by atoms with Crippen molar-refractivity contribution in [1.29, 1.82) is 0 Å². The molecule has 0 fully saturated rings. The van der Waals surface area contributed by atoms with E-state index in [1.165, 1.54) is 0 Å². The van der Waals surface area contributed by atoms with E-state index in [1.807, 2.05) is 60.7 Å². The van der Waals surface area contributed by atoms with Gasteiger partial charge in [-0.1, -0.05) is 46.3 Å². The van der Waals surface area contributed by atoms with Crippen molar-refractivity contribution in [3.63, 3.8) is 0 Å². The number of nitrogens with zero attached hydrogens (tertiary/aromatic N) is 1. The highest BCUT2D eigenvalue weighted by molar-refractivity contribution is 9.10. The van der Waals surface area contributed by atoms with Crippen molar-refractivity contribution in [3.8, 4) is 17.2 Å². The van der Waals surface area contributed by atoms with Crippen LogP contribution in [0.1, 0.15) is 35.6 Å². The van der Waals surface area contributed by atoms with Gasteiger partial charge < -0.3 is 29.4 Å². The van der Waals surface area contributed by atoms with Crippen LogP contribution in [0.2, 0.25) is 0 Å². The molecule has 1 aliphatic heterocycles. The summed E-state index contributed by atoms with van der Waals surface area (Å²) in [6.07, 6.45) is 1.78. The summed E-state index contributed by atoms with van der Waals surface area (Å²) < 4.78 is 23.7. The van der Waals surface area contributed by atoms with Crippen LogP contribution >= 0.6 is 15.9 Å². The molecule has 3 aromatic carbocycles. The molecule has 0 radical (unpaired) electrons. The number of aliphatic imine (C=N–C) groups is 1. The van der Waals surface area contributed by atoms with Crippen LogP contribution in [0.3, 0.4) is 0 Å². The molecular formula is C31H33BrN2O6. The molecule has 0 aliphatic carbocycles. The summed E-state index contributed by atoms with van der Waals surface area (Å²) >= 11 is 3.63. The van der Waals surface area contributed by atoms with Crippen LogP contribution < -0.4 is 19.5 Å². The maximum Gasteiger partial charge on any atom is 0.252 e. The van der Waals surface area contributed by atoms with E-state index < -0.39 is 11.6 Å². The molecule has 1 amide bonds. The molecular weight excluding hydrogens is 576 g/mol. The molecule has 1 aliphatic rings. The van der Waals surface area contributed by atoms with Crippen molar-refractivity contribution in [2.24, 2.45) is 4.99 Å². The van der Waals surface area contributed by atoms with Crippen LogP contribution in [0.15, 0.2) is 88.9 Å². The van der Waals surface area contributed by atoms with Gasteiger partial charge in [0.1, 0.15) is 5.75 Å². The van der Waals surface area contributed by atoms with Gasteiger partial charge in [-0.15, -0.1) is 6.58 Å². The zero-order chi connectivity index (χ0) is 28.5. The Labute approximate surface area is 242 Å². The summed E-state index contributed by atoms with van der Waals surface area (Å²) in [4.78, 5) is 19.0. The van der Waals surface area contributed by atoms with Crippen LogP contribution in [0, 0.1) is 0 Å². The van der Waals surface area contributed by atoms with Crippen molar-refractivity contribution in [2.45, 2.75) is 31.0 Å². The Balaban J connectivity index is 1.66. The van der Waals surface area contributed by atoms with Gasteiger partial charge in [-0.05, 0) is 48.0 Å². The topological polar surface area (TPSA) is 98.6 Å². The Kier molecular flexibility index (Phi) is 9.84. The standard InChI is InChI=1S/C31H33BrN2O6/c1-4-16-31(30(36)33-20-21-10-15-26(37-2)27(19-21)38-3)28(24-8-5-6-9-25(24)32)40-29(34-31)22-11-13-23(14-12-22)39-18-7-17-35/h4-6,8-15,19,28,35H,1,7,16-18,20H2,2-3H3,(H,33,36)/t28-,31-/m1/s1. The molecule has 40 heavy (non-hydrogen) atoms. The summed E-state index contributed by atoms with van der Waals surface area (Å²) in [6, 6.07) is 20.5. The molecule has 0 spiro atoms. The zero-order valence-electron chi connectivity index (χ0n) is 22.6. The Morgan fingerprint density at radius 2 is 1.88 bits per heavy atom. The van der Waals surface area contributed by atoms with Crippen LogP contribution in [0.4, 0.5) is 0 Å². The number of carbonyl (C=O) groups excluding carboxylic acids is 1. The second-order valence-corrected chi connectivity index (χ2v) is 10.0. The van der Waals surface area contributed by atoms with Crippen LogP contribution in [0.5, 0.6) is 17.2 Å². The van der Waals surface area contributed by atoms with Crippen molar-refractivity contribution in [1.82, 2.24) is 5.32 Å². The van der Waals surface area contributed by atoms with Crippen molar-refractivity contribution in [3.05, 3.63) is 101 Å². The van der Waals surface area contributed by atoms with E-state index in [9.17, 15) is 4.79 Å². The summed E-state index contributed by atoms with van der Waals surface area (Å²) in [6.45, 7) is 4.67. The molecule has 0 unspecified atom stereocenters. The molecule has 0 aromatic heterocycles. The number of benzene rings is 3. The number of hydrogen-bond acceptors (Lipinski definition) is 7. The van der Waals surface area contributed by atoms with E-state index in [-0.39, 0.29) is 25.5 Å². The van der Waals surface area contributed by atoms with Gasteiger partial charge in [-0.2, -0.15) is 0 Å². The zero-order valence-corrected chi connectivity index (χ0v) is 24.1. The molecule has 8 nitrogen and oxygen atoms in total. The largest absolute Gasteiger partial charge is 0.494 e. The third-order valence-corrected chi connectivity index (χ3v) is 7.30. The monoisotopic (exact) mass is 608 g/mol. The van der Waals surface area contributed by atoms with Gasteiger partial charge in [-0.25, -0.2) is 4.99 Å². The number of carbonyl (C=O) groups is 1. The Hall–Kier alpha value is -3.82. The van der Waals surface area contributed by atoms with E-state index in [1.54, 1.807) is 26.4 Å². The molecule has 9 heteroatoms. The Morgan fingerprint density at radius 1 is 1.12 bits per heavy atom. The first-order chi connectivity index (χ1) is 19.4. The number of rotatable bonds is 13. The van der Waals surface area contributed by atoms with E-state index in [0.717, 1.165) is 15.6 Å². The first-order valence-electron chi connectivity index (χ1n) is 12.9. The van der Waals surface area contributed by atoms with Crippen molar-refractivity contribution >= 4 is 27.7 Å². The number of hydrogen-bond donors (Lipinski definition) is 2. The van der Waals surface area contributed by atoms with E-state index in [2.05, 4.69) is 27.8 Å². The number of methoxy groups -OCH3 is 2. The fourth-order valence-electron chi connectivity index (χ4n) is 4.53. The minimum atomic E-state index is -1.30. The molecule has 0 saturated carbocycles. The molecule has 0 bridgehead atoms. The quantitative estimate of drug-likeness (QED) is 0.200. The van der Waals surface area contributed by atoms with Gasteiger partial charge in [0.15, 0.2) is 23.1 Å².